The summed E-state index contributed by atoms with van der Waals surface area (Å²) < 4.78 is 10.9. The van der Waals surface area contributed by atoms with Gasteiger partial charge in [0.05, 0.1) is 6.04 Å². The molecule has 26 heavy (non-hydrogen) atoms. The van der Waals surface area contributed by atoms with Crippen LogP contribution in [0.25, 0.3) is 0 Å². The van der Waals surface area contributed by atoms with Crippen LogP contribution in [-0.2, 0) is 14.3 Å². The minimum absolute atomic E-state index is 0.0165. The molecule has 0 aromatic rings. The van der Waals surface area contributed by atoms with Gasteiger partial charge >= 0.3 is 6.03 Å². The van der Waals surface area contributed by atoms with Crippen LogP contribution in [0.3, 0.4) is 0 Å². The number of methoxy groups -OCH3 is 2. The van der Waals surface area contributed by atoms with Gasteiger partial charge in [0, 0.05) is 46.7 Å². The molecule has 0 aromatic heterocycles. The molecule has 2 unspecified atom stereocenters. The molecule has 0 spiro atoms. The van der Waals surface area contributed by atoms with E-state index in [0.29, 0.717) is 32.5 Å². The van der Waals surface area contributed by atoms with E-state index in [0.717, 1.165) is 19.3 Å². The first-order valence-corrected chi connectivity index (χ1v) is 9.37. The molecule has 7 heteroatoms. The number of rotatable bonds is 5. The van der Waals surface area contributed by atoms with Crippen LogP contribution in [0.15, 0.2) is 4.99 Å². The van der Waals surface area contributed by atoms with Gasteiger partial charge in [0.2, 0.25) is 6.08 Å². The van der Waals surface area contributed by atoms with Crippen molar-refractivity contribution in [3.63, 3.8) is 0 Å². The van der Waals surface area contributed by atoms with E-state index < -0.39 is 5.79 Å². The Morgan fingerprint density at radius 3 is 2.35 bits per heavy atom. The van der Waals surface area contributed by atoms with Crippen molar-refractivity contribution < 1.29 is 19.1 Å². The lowest BCUT2D eigenvalue weighted by Crippen LogP contribution is -2.53. The van der Waals surface area contributed by atoms with Crippen molar-refractivity contribution in [2.24, 2.45) is 15.8 Å². The number of carbonyl (C=O) groups is 1. The summed E-state index contributed by atoms with van der Waals surface area (Å²) in [5.74, 6) is -0.573. The predicted molar refractivity (Wildman–Crippen MR) is 98.6 cm³/mol. The molecule has 2 atom stereocenters. The van der Waals surface area contributed by atoms with Crippen LogP contribution >= 0.6 is 0 Å². The van der Waals surface area contributed by atoms with Crippen LogP contribution < -0.4 is 5.32 Å². The summed E-state index contributed by atoms with van der Waals surface area (Å²) in [6.45, 7) is 8.34. The first-order chi connectivity index (χ1) is 12.2. The van der Waals surface area contributed by atoms with E-state index in [1.807, 2.05) is 4.90 Å². The van der Waals surface area contributed by atoms with E-state index in [4.69, 9.17) is 9.47 Å². The molecule has 0 bridgehead atoms. The number of nitrogens with one attached hydrogen (secondary N) is 1. The van der Waals surface area contributed by atoms with E-state index in [1.165, 1.54) is 0 Å². The molecule has 1 aliphatic carbocycles. The first-order valence-electron chi connectivity index (χ1n) is 9.37. The molecule has 1 aliphatic heterocycles. The summed E-state index contributed by atoms with van der Waals surface area (Å²) in [7, 11) is 3.28. The van der Waals surface area contributed by atoms with Gasteiger partial charge in [-0.1, -0.05) is 20.8 Å². The largest absolute Gasteiger partial charge is 0.353 e. The predicted octanol–water partition coefficient (Wildman–Crippen LogP) is 2.70. The molecular weight excluding hydrogens is 334 g/mol. The van der Waals surface area contributed by atoms with Gasteiger partial charge in [-0.15, -0.1) is 0 Å². The van der Waals surface area contributed by atoms with Crippen molar-refractivity contribution in [2.45, 2.75) is 64.7 Å². The second-order valence-corrected chi connectivity index (χ2v) is 8.90. The molecule has 2 aliphatic rings. The number of urea groups is 1. The number of carbonyl (C=O) groups excluding carboxylic acids is 2. The smallest absolute Gasteiger partial charge is 0.317 e. The summed E-state index contributed by atoms with van der Waals surface area (Å²) in [4.78, 5) is 29.1. The summed E-state index contributed by atoms with van der Waals surface area (Å²) >= 11 is 0. The zero-order valence-electron chi connectivity index (χ0n) is 16.8. The molecule has 1 heterocycles. The standard InChI is InChI=1S/C19H33N3O4/c1-17(2)10-15(21-14-23)11-18(3,12-17)13-20-16(24)22-8-6-19(25-4,26-5)7-9-22/h15H,6-13H2,1-5H3,(H,20,24). The van der Waals surface area contributed by atoms with Gasteiger partial charge in [-0.3, -0.25) is 0 Å². The summed E-state index contributed by atoms with van der Waals surface area (Å²) in [5, 5.41) is 3.09. The Hall–Kier alpha value is -1.43. The van der Waals surface area contributed by atoms with Gasteiger partial charge in [-0.05, 0) is 30.1 Å². The third-order valence-corrected chi connectivity index (χ3v) is 5.88. The van der Waals surface area contributed by atoms with Crippen LogP contribution in [0.1, 0.15) is 52.9 Å². The molecular formula is C19H33N3O4. The molecule has 2 amide bonds. The van der Waals surface area contributed by atoms with E-state index >= 15 is 0 Å². The molecule has 0 radical (unpaired) electrons. The van der Waals surface area contributed by atoms with Crippen molar-refractivity contribution in [1.29, 1.82) is 0 Å². The Morgan fingerprint density at radius 2 is 1.81 bits per heavy atom. The van der Waals surface area contributed by atoms with E-state index in [2.05, 4.69) is 31.1 Å². The Labute approximate surface area is 156 Å². The van der Waals surface area contributed by atoms with Crippen molar-refractivity contribution >= 4 is 12.1 Å². The minimum atomic E-state index is -0.573. The highest BCUT2D eigenvalue weighted by molar-refractivity contribution is 5.74. The third-order valence-electron chi connectivity index (χ3n) is 5.88. The SMILES string of the molecule is COC1(OC)CCN(C(=O)NCC2(C)CC(N=C=O)CC(C)(C)C2)CC1. The van der Waals surface area contributed by atoms with Crippen LogP contribution in [0.4, 0.5) is 4.79 Å². The molecule has 7 nitrogen and oxygen atoms in total. The first kappa shape index (κ1) is 20.9. The highest BCUT2D eigenvalue weighted by atomic mass is 16.7. The van der Waals surface area contributed by atoms with Gasteiger partial charge in [0.25, 0.3) is 0 Å². The lowest BCUT2D eigenvalue weighted by atomic mass is 9.63. The molecule has 1 N–H and O–H groups in total. The quantitative estimate of drug-likeness (QED) is 0.460. The maximum absolute atomic E-state index is 12.6. The number of hydrogen-bond acceptors (Lipinski definition) is 5. The second-order valence-electron chi connectivity index (χ2n) is 8.90. The van der Waals surface area contributed by atoms with Crippen molar-refractivity contribution in [3.8, 4) is 0 Å². The maximum Gasteiger partial charge on any atom is 0.317 e. The number of ether oxygens (including phenoxy) is 2. The summed E-state index contributed by atoms with van der Waals surface area (Å²) in [6, 6.07) is -0.0667. The molecule has 2 fully saturated rings. The van der Waals surface area contributed by atoms with E-state index in [9.17, 15) is 9.59 Å². The van der Waals surface area contributed by atoms with Crippen LogP contribution in [0.5, 0.6) is 0 Å². The summed E-state index contributed by atoms with van der Waals surface area (Å²) in [6.07, 6.45) is 5.69. The van der Waals surface area contributed by atoms with Gasteiger partial charge in [0.15, 0.2) is 5.79 Å². The number of hydrogen-bond donors (Lipinski definition) is 1. The Kier molecular flexibility index (Phi) is 6.48. The summed E-state index contributed by atoms with van der Waals surface area (Å²) in [5.41, 5.74) is 0.00539. The zero-order valence-corrected chi connectivity index (χ0v) is 16.8. The van der Waals surface area contributed by atoms with Crippen LogP contribution in [0.2, 0.25) is 0 Å². The molecule has 148 valence electrons. The minimum Gasteiger partial charge on any atom is -0.353 e. The van der Waals surface area contributed by atoms with Crippen molar-refractivity contribution in [3.05, 3.63) is 0 Å². The molecule has 0 aromatic carbocycles. The lowest BCUT2D eigenvalue weighted by Gasteiger charge is -2.45. The van der Waals surface area contributed by atoms with E-state index in [1.54, 1.807) is 20.3 Å². The molecule has 2 rings (SSSR count). The monoisotopic (exact) mass is 367 g/mol. The van der Waals surface area contributed by atoms with Crippen molar-refractivity contribution in [2.75, 3.05) is 33.9 Å². The highest BCUT2D eigenvalue weighted by Crippen LogP contribution is 2.46. The number of aliphatic imine (C=N–C) groups is 1. The Balaban J connectivity index is 1.91. The molecule has 1 saturated carbocycles. The van der Waals surface area contributed by atoms with Gasteiger partial charge in [0.1, 0.15) is 0 Å². The Bertz CT molecular complexity index is 545. The van der Waals surface area contributed by atoms with Crippen molar-refractivity contribution in [1.82, 2.24) is 10.2 Å². The number of likely N-dealkylation sites (tertiary alicyclic amines) is 1. The topological polar surface area (TPSA) is 80.2 Å². The fraction of sp³-hybridized carbons (Fsp3) is 0.895. The number of isocyanates is 1. The lowest BCUT2D eigenvalue weighted by molar-refractivity contribution is -0.226. The fourth-order valence-corrected chi connectivity index (χ4v) is 4.82. The maximum atomic E-state index is 12.6. The zero-order chi connectivity index (χ0) is 19.4. The van der Waals surface area contributed by atoms with Crippen LogP contribution in [-0.4, -0.2) is 62.7 Å². The van der Waals surface area contributed by atoms with Gasteiger partial charge in [-0.2, -0.15) is 0 Å². The number of amides is 2. The van der Waals surface area contributed by atoms with Gasteiger partial charge in [-0.25, -0.2) is 14.6 Å². The van der Waals surface area contributed by atoms with Crippen LogP contribution in [0, 0.1) is 10.8 Å². The fourth-order valence-electron chi connectivity index (χ4n) is 4.82. The average Bonchev–Trinajstić information content (AvgIpc) is 2.58. The third kappa shape index (κ3) is 5.06. The Morgan fingerprint density at radius 1 is 1.19 bits per heavy atom. The van der Waals surface area contributed by atoms with E-state index in [-0.39, 0.29) is 22.9 Å². The normalized spacial score (nSPS) is 30.3. The number of nitrogens with zero attached hydrogens (tertiary/aromatic N) is 2. The average molecular weight is 367 g/mol. The highest BCUT2D eigenvalue weighted by Gasteiger charge is 2.42. The second kappa shape index (κ2) is 8.07. The number of piperidine rings is 1. The van der Waals surface area contributed by atoms with Gasteiger partial charge < -0.3 is 19.7 Å². The molecule has 1 saturated heterocycles.